The Balaban J connectivity index is 2.07. The van der Waals surface area contributed by atoms with Crippen LogP contribution >= 0.6 is 11.8 Å². The van der Waals surface area contributed by atoms with E-state index in [-0.39, 0.29) is 29.7 Å². The van der Waals surface area contributed by atoms with Crippen LogP contribution in [0.25, 0.3) is 10.8 Å². The fourth-order valence-electron chi connectivity index (χ4n) is 5.31. The van der Waals surface area contributed by atoms with Gasteiger partial charge in [-0.05, 0) is 30.9 Å². The number of unbranched alkanes of at least 4 members (excludes halogenated alkanes) is 10. The Kier molecular flexibility index (Phi) is 18.5. The molecule has 0 aliphatic heterocycles. The summed E-state index contributed by atoms with van der Waals surface area (Å²) in [4.78, 5) is 37.6. The molecule has 2 aromatic carbocycles. The fraction of sp³-hybridized carbons (Fsp3) is 0.639. The van der Waals surface area contributed by atoms with E-state index in [0.717, 1.165) is 32.1 Å². The van der Waals surface area contributed by atoms with Crippen LogP contribution in [0.1, 0.15) is 128 Å². The summed E-state index contributed by atoms with van der Waals surface area (Å²) in [6.45, 7) is 8.88. The highest BCUT2D eigenvalue weighted by Gasteiger charge is 2.22. The first-order chi connectivity index (χ1) is 21.7. The van der Waals surface area contributed by atoms with Crippen LogP contribution in [-0.2, 0) is 9.59 Å². The summed E-state index contributed by atoms with van der Waals surface area (Å²) in [7, 11) is 0. The number of carboxylic acid groups (broad SMARTS) is 1. The predicted octanol–water partition coefficient (Wildman–Crippen LogP) is 8.94. The van der Waals surface area contributed by atoms with Crippen molar-refractivity contribution in [2.75, 3.05) is 24.2 Å². The van der Waals surface area contributed by atoms with Gasteiger partial charge in [0.15, 0.2) is 0 Å². The molecule has 4 N–H and O–H groups in total. The quantitative estimate of drug-likeness (QED) is 0.0841. The van der Waals surface area contributed by atoms with E-state index in [1.807, 2.05) is 20.8 Å². The molecule has 0 saturated heterocycles. The largest absolute Gasteiger partial charge is 0.506 e. The van der Waals surface area contributed by atoms with Crippen LogP contribution in [0.2, 0.25) is 0 Å². The number of benzene rings is 2. The number of hydrogen-bond donors (Lipinski definition) is 4. The molecule has 0 heterocycles. The first-order valence-electron chi connectivity index (χ1n) is 17.0. The lowest BCUT2D eigenvalue weighted by Crippen LogP contribution is -2.24. The maximum Gasteiger partial charge on any atom is 0.316 e. The van der Waals surface area contributed by atoms with Crippen molar-refractivity contribution in [3.8, 4) is 11.5 Å². The van der Waals surface area contributed by atoms with E-state index in [2.05, 4.69) is 17.6 Å². The highest BCUT2D eigenvalue weighted by atomic mass is 32.2. The van der Waals surface area contributed by atoms with E-state index in [1.54, 1.807) is 18.2 Å². The van der Waals surface area contributed by atoms with Crippen molar-refractivity contribution in [3.05, 3.63) is 29.8 Å². The molecule has 0 radical (unpaired) electrons. The predicted molar refractivity (Wildman–Crippen MR) is 187 cm³/mol. The van der Waals surface area contributed by atoms with Crippen LogP contribution in [-0.4, -0.2) is 52.2 Å². The van der Waals surface area contributed by atoms with E-state index < -0.39 is 17.1 Å². The number of fused-ring (bicyclic) bond motifs is 1. The summed E-state index contributed by atoms with van der Waals surface area (Å²) in [6, 6.07) is 6.67. The zero-order valence-corrected chi connectivity index (χ0v) is 28.7. The molecule has 1 atom stereocenters. The van der Waals surface area contributed by atoms with Gasteiger partial charge >= 0.3 is 5.97 Å². The van der Waals surface area contributed by atoms with Crippen molar-refractivity contribution in [1.29, 1.82) is 0 Å². The second-order valence-electron chi connectivity index (χ2n) is 12.3. The normalized spacial score (nSPS) is 11.9. The molecular weight excluding hydrogens is 588 g/mol. The van der Waals surface area contributed by atoms with E-state index in [4.69, 9.17) is 4.74 Å². The summed E-state index contributed by atoms with van der Waals surface area (Å²) >= 11 is 1.36. The smallest absolute Gasteiger partial charge is 0.316 e. The highest BCUT2D eigenvalue weighted by molar-refractivity contribution is 8.00. The van der Waals surface area contributed by atoms with Crippen molar-refractivity contribution < 1.29 is 29.3 Å². The van der Waals surface area contributed by atoms with Crippen molar-refractivity contribution in [2.24, 2.45) is 5.92 Å². The van der Waals surface area contributed by atoms with Gasteiger partial charge in [0.1, 0.15) is 16.7 Å². The number of rotatable bonds is 24. The van der Waals surface area contributed by atoms with Crippen LogP contribution in [0, 0.1) is 5.92 Å². The van der Waals surface area contributed by atoms with Crippen molar-refractivity contribution in [3.63, 3.8) is 0 Å². The fourth-order valence-corrected chi connectivity index (χ4v) is 6.25. The molecule has 2 rings (SSSR count). The van der Waals surface area contributed by atoms with Gasteiger partial charge in [-0.1, -0.05) is 110 Å². The third-order valence-corrected chi connectivity index (χ3v) is 9.02. The lowest BCUT2D eigenvalue weighted by molar-refractivity contribution is -0.136. The Morgan fingerprint density at radius 3 is 2.18 bits per heavy atom. The number of phenols is 1. The average molecular weight is 645 g/mol. The first-order valence-corrected chi connectivity index (χ1v) is 18.1. The number of thioether (sulfide) groups is 1. The lowest BCUT2D eigenvalue weighted by Gasteiger charge is -2.18. The summed E-state index contributed by atoms with van der Waals surface area (Å²) in [5.41, 5.74) is 0.578. The number of phenolic OH excluding ortho intramolecular Hbond substituents is 1. The monoisotopic (exact) mass is 644 g/mol. The van der Waals surface area contributed by atoms with Gasteiger partial charge in [-0.2, -0.15) is 0 Å². The Morgan fingerprint density at radius 2 is 1.56 bits per heavy atom. The van der Waals surface area contributed by atoms with Crippen molar-refractivity contribution >= 4 is 46.0 Å². The van der Waals surface area contributed by atoms with Gasteiger partial charge in [0.2, 0.25) is 5.91 Å². The Bertz CT molecular complexity index is 1200. The molecule has 9 heteroatoms. The summed E-state index contributed by atoms with van der Waals surface area (Å²) in [5.74, 6) is -0.588. The number of ether oxygens (including phenoxy) is 1. The molecule has 2 amide bonds. The van der Waals surface area contributed by atoms with Crippen LogP contribution in [0.4, 0.5) is 5.69 Å². The molecule has 0 aliphatic rings. The van der Waals surface area contributed by atoms with E-state index in [9.17, 15) is 24.6 Å². The van der Waals surface area contributed by atoms with Crippen molar-refractivity contribution in [2.45, 2.75) is 123 Å². The van der Waals surface area contributed by atoms with Gasteiger partial charge in [-0.15, -0.1) is 11.8 Å². The molecule has 8 nitrogen and oxygen atoms in total. The van der Waals surface area contributed by atoms with Crippen LogP contribution in [0.3, 0.4) is 0 Å². The number of carbonyl (C=O) groups is 3. The third kappa shape index (κ3) is 13.9. The molecule has 0 fully saturated rings. The van der Waals surface area contributed by atoms with E-state index >= 15 is 0 Å². The Labute approximate surface area is 274 Å². The van der Waals surface area contributed by atoms with Crippen LogP contribution < -0.4 is 15.4 Å². The summed E-state index contributed by atoms with van der Waals surface area (Å²) < 4.78 is 6.17. The Hall–Kier alpha value is -2.94. The molecule has 2 aromatic rings. The third-order valence-electron chi connectivity index (χ3n) is 7.78. The molecule has 0 aromatic heterocycles. The average Bonchev–Trinajstić information content (AvgIpc) is 2.99. The number of carboxylic acids is 1. The molecule has 45 heavy (non-hydrogen) atoms. The topological polar surface area (TPSA) is 125 Å². The minimum Gasteiger partial charge on any atom is -0.506 e. The van der Waals surface area contributed by atoms with E-state index in [0.29, 0.717) is 47.3 Å². The number of anilines is 1. The molecule has 1 unspecified atom stereocenters. The summed E-state index contributed by atoms with van der Waals surface area (Å²) in [6.07, 6.45) is 14.8. The van der Waals surface area contributed by atoms with E-state index in [1.165, 1.54) is 62.8 Å². The molecule has 0 aliphatic carbocycles. The minimum atomic E-state index is -0.813. The lowest BCUT2D eigenvalue weighted by atomic mass is 10.0. The molecule has 0 bridgehead atoms. The molecule has 0 saturated carbocycles. The standard InChI is InChI=1S/C36H56N2O6S/c1-5-7-9-10-11-12-13-14-15-16-20-31(36(42)43)45-23-22-44-30-25-28(35(41)37-21-8-6-2)34(40)27-18-17-19-29(33(27)30)38-32(39)24-26(3)4/h17-19,25-26,31,40H,5-16,20-24H2,1-4H3,(H,37,41)(H,38,39)(H,42,43). The zero-order valence-electron chi connectivity index (χ0n) is 27.9. The van der Waals surface area contributed by atoms with Gasteiger partial charge in [0.25, 0.3) is 5.91 Å². The van der Waals surface area contributed by atoms with Gasteiger partial charge in [0, 0.05) is 24.1 Å². The number of amides is 2. The number of aromatic hydroxyl groups is 1. The highest BCUT2D eigenvalue weighted by Crippen LogP contribution is 2.40. The number of aliphatic carboxylic acids is 1. The van der Waals surface area contributed by atoms with Crippen molar-refractivity contribution in [1.82, 2.24) is 5.32 Å². The maximum absolute atomic E-state index is 13.0. The summed E-state index contributed by atoms with van der Waals surface area (Å²) in [5, 5.41) is 27.1. The second kappa shape index (κ2) is 21.7. The zero-order chi connectivity index (χ0) is 33.0. The molecule has 0 spiro atoms. The first kappa shape index (κ1) is 38.2. The minimum absolute atomic E-state index is 0.0938. The number of nitrogens with one attached hydrogen (secondary N) is 2. The molecule has 252 valence electrons. The van der Waals surface area contributed by atoms with Gasteiger partial charge in [-0.3, -0.25) is 14.4 Å². The maximum atomic E-state index is 13.0. The SMILES string of the molecule is CCCCCCCCCCCCC(SCCOc1cc(C(=O)NCCCC)c(O)c2cccc(NC(=O)CC(C)C)c12)C(=O)O. The number of carbonyl (C=O) groups excluding carboxylic acids is 2. The van der Waals surface area contributed by atoms with Crippen LogP contribution in [0.5, 0.6) is 11.5 Å². The van der Waals surface area contributed by atoms with Crippen LogP contribution in [0.15, 0.2) is 24.3 Å². The Morgan fingerprint density at radius 1 is 0.911 bits per heavy atom. The van der Waals surface area contributed by atoms with Gasteiger partial charge in [-0.25, -0.2) is 0 Å². The number of hydrogen-bond acceptors (Lipinski definition) is 6. The molecular formula is C36H56N2O6S. The van der Waals surface area contributed by atoms with Gasteiger partial charge in [0.05, 0.1) is 23.2 Å². The van der Waals surface area contributed by atoms with Gasteiger partial charge < -0.3 is 25.6 Å². The second-order valence-corrected chi connectivity index (χ2v) is 13.6.